The van der Waals surface area contributed by atoms with Crippen LogP contribution >= 0.6 is 0 Å². The molecular formula is C14H19N5O. The normalized spacial score (nSPS) is 10.1. The zero-order valence-corrected chi connectivity index (χ0v) is 11.7. The number of benzene rings is 1. The molecule has 106 valence electrons. The number of anilines is 4. The van der Waals surface area contributed by atoms with Gasteiger partial charge < -0.3 is 21.1 Å². The summed E-state index contributed by atoms with van der Waals surface area (Å²) in [6, 6.07) is 9.43. The van der Waals surface area contributed by atoms with Gasteiger partial charge in [-0.1, -0.05) is 13.0 Å². The van der Waals surface area contributed by atoms with E-state index >= 15 is 0 Å². The van der Waals surface area contributed by atoms with Crippen molar-refractivity contribution in [2.24, 2.45) is 0 Å². The van der Waals surface area contributed by atoms with E-state index < -0.39 is 0 Å². The van der Waals surface area contributed by atoms with Gasteiger partial charge in [0.25, 0.3) is 0 Å². The number of methoxy groups -OCH3 is 1. The SMILES string of the molecule is CCCNc1cc(Nc2cccc(OC)c2)nc(N)n1. The number of nitrogens with one attached hydrogen (secondary N) is 2. The molecule has 6 heteroatoms. The number of nitrogens with zero attached hydrogens (tertiary/aromatic N) is 2. The predicted molar refractivity (Wildman–Crippen MR) is 81.5 cm³/mol. The highest BCUT2D eigenvalue weighted by atomic mass is 16.5. The van der Waals surface area contributed by atoms with Crippen molar-refractivity contribution < 1.29 is 4.74 Å². The number of nitrogens with two attached hydrogens (primary N) is 1. The highest BCUT2D eigenvalue weighted by Crippen LogP contribution is 2.21. The first-order chi connectivity index (χ1) is 9.71. The van der Waals surface area contributed by atoms with Crippen LogP contribution in [0.15, 0.2) is 30.3 Å². The Morgan fingerprint density at radius 1 is 1.20 bits per heavy atom. The molecule has 6 nitrogen and oxygen atoms in total. The first-order valence-corrected chi connectivity index (χ1v) is 6.50. The van der Waals surface area contributed by atoms with Crippen molar-refractivity contribution in [2.75, 3.05) is 30.0 Å². The maximum absolute atomic E-state index is 5.71. The average Bonchev–Trinajstić information content (AvgIpc) is 2.44. The summed E-state index contributed by atoms with van der Waals surface area (Å²) in [5, 5.41) is 6.37. The summed E-state index contributed by atoms with van der Waals surface area (Å²) in [5.74, 6) is 2.37. The van der Waals surface area contributed by atoms with E-state index in [0.29, 0.717) is 11.6 Å². The minimum absolute atomic E-state index is 0.233. The quantitative estimate of drug-likeness (QED) is 0.750. The third kappa shape index (κ3) is 3.74. The fourth-order valence-corrected chi connectivity index (χ4v) is 1.72. The highest BCUT2D eigenvalue weighted by Gasteiger charge is 2.03. The number of hydrogen-bond donors (Lipinski definition) is 3. The summed E-state index contributed by atoms with van der Waals surface area (Å²) >= 11 is 0. The zero-order valence-electron chi connectivity index (χ0n) is 11.7. The molecule has 0 aliphatic carbocycles. The molecule has 0 fully saturated rings. The molecule has 1 aromatic carbocycles. The van der Waals surface area contributed by atoms with Crippen LogP contribution in [0.4, 0.5) is 23.3 Å². The predicted octanol–water partition coefficient (Wildman–Crippen LogP) is 2.63. The Morgan fingerprint density at radius 3 is 2.75 bits per heavy atom. The Bertz CT molecular complexity index is 573. The standard InChI is InChI=1S/C14H19N5O/c1-3-7-16-12-9-13(19-14(15)18-12)17-10-5-4-6-11(8-10)20-2/h4-6,8-9H,3,7H2,1-2H3,(H4,15,16,17,18,19). The van der Waals surface area contributed by atoms with Crippen LogP contribution in [0.5, 0.6) is 5.75 Å². The van der Waals surface area contributed by atoms with Crippen LogP contribution in [0.2, 0.25) is 0 Å². The van der Waals surface area contributed by atoms with Crippen molar-refractivity contribution >= 4 is 23.3 Å². The van der Waals surface area contributed by atoms with Gasteiger partial charge in [0.05, 0.1) is 7.11 Å². The number of aromatic nitrogens is 2. The van der Waals surface area contributed by atoms with Gasteiger partial charge in [-0.25, -0.2) is 0 Å². The van der Waals surface area contributed by atoms with Crippen molar-refractivity contribution in [3.63, 3.8) is 0 Å². The lowest BCUT2D eigenvalue weighted by molar-refractivity contribution is 0.415. The van der Waals surface area contributed by atoms with Crippen molar-refractivity contribution in [2.45, 2.75) is 13.3 Å². The molecular weight excluding hydrogens is 254 g/mol. The fourth-order valence-electron chi connectivity index (χ4n) is 1.72. The second-order valence-electron chi connectivity index (χ2n) is 4.28. The molecule has 1 aromatic heterocycles. The minimum atomic E-state index is 0.233. The van der Waals surface area contributed by atoms with Crippen molar-refractivity contribution in [1.29, 1.82) is 0 Å². The van der Waals surface area contributed by atoms with E-state index in [-0.39, 0.29) is 5.95 Å². The summed E-state index contributed by atoms with van der Waals surface area (Å²) in [7, 11) is 1.63. The first-order valence-electron chi connectivity index (χ1n) is 6.50. The van der Waals surface area contributed by atoms with Crippen molar-refractivity contribution in [3.05, 3.63) is 30.3 Å². The van der Waals surface area contributed by atoms with E-state index in [9.17, 15) is 0 Å². The summed E-state index contributed by atoms with van der Waals surface area (Å²) in [6.07, 6.45) is 1.02. The summed E-state index contributed by atoms with van der Waals surface area (Å²) in [5.41, 5.74) is 6.59. The van der Waals surface area contributed by atoms with E-state index in [4.69, 9.17) is 10.5 Å². The first kappa shape index (κ1) is 13.9. The Hall–Kier alpha value is -2.50. The molecule has 0 aliphatic heterocycles. The van der Waals surface area contributed by atoms with E-state index in [1.165, 1.54) is 0 Å². The topological polar surface area (TPSA) is 85.1 Å². The molecule has 20 heavy (non-hydrogen) atoms. The third-order valence-corrected chi connectivity index (χ3v) is 2.64. The molecule has 0 radical (unpaired) electrons. The Kier molecular flexibility index (Phi) is 4.60. The molecule has 0 atom stereocenters. The van der Waals surface area contributed by atoms with Crippen LogP contribution < -0.4 is 21.1 Å². The van der Waals surface area contributed by atoms with Gasteiger partial charge in [0.2, 0.25) is 5.95 Å². The molecule has 0 spiro atoms. The number of rotatable bonds is 6. The molecule has 1 heterocycles. The maximum Gasteiger partial charge on any atom is 0.223 e. The molecule has 2 aromatic rings. The van der Waals surface area contributed by atoms with Crippen LogP contribution in [-0.2, 0) is 0 Å². The van der Waals surface area contributed by atoms with Gasteiger partial charge in [0, 0.05) is 24.4 Å². The van der Waals surface area contributed by atoms with E-state index in [0.717, 1.165) is 24.4 Å². The smallest absolute Gasteiger partial charge is 0.223 e. The lowest BCUT2D eigenvalue weighted by Crippen LogP contribution is -2.06. The lowest BCUT2D eigenvalue weighted by atomic mass is 10.3. The average molecular weight is 273 g/mol. The van der Waals surface area contributed by atoms with Gasteiger partial charge in [-0.15, -0.1) is 0 Å². The van der Waals surface area contributed by atoms with Crippen molar-refractivity contribution in [3.8, 4) is 5.75 Å². The molecule has 4 N–H and O–H groups in total. The monoisotopic (exact) mass is 273 g/mol. The summed E-state index contributed by atoms with van der Waals surface area (Å²) < 4.78 is 5.18. The van der Waals surface area contributed by atoms with E-state index in [2.05, 4.69) is 27.5 Å². The molecule has 0 unspecified atom stereocenters. The molecule has 0 amide bonds. The summed E-state index contributed by atoms with van der Waals surface area (Å²) in [6.45, 7) is 2.93. The molecule has 0 saturated heterocycles. The van der Waals surface area contributed by atoms with Crippen LogP contribution in [0.3, 0.4) is 0 Å². The van der Waals surface area contributed by atoms with Crippen molar-refractivity contribution in [1.82, 2.24) is 9.97 Å². The van der Waals surface area contributed by atoms with Gasteiger partial charge in [0.15, 0.2) is 0 Å². The van der Waals surface area contributed by atoms with Crippen LogP contribution in [0.25, 0.3) is 0 Å². The summed E-state index contributed by atoms with van der Waals surface area (Å²) in [4.78, 5) is 8.31. The molecule has 2 rings (SSSR count). The molecule has 0 aliphatic rings. The van der Waals surface area contributed by atoms with Gasteiger partial charge in [-0.05, 0) is 18.6 Å². The number of nitrogen functional groups attached to an aromatic ring is 1. The van der Waals surface area contributed by atoms with Gasteiger partial charge in [-0.3, -0.25) is 0 Å². The zero-order chi connectivity index (χ0) is 14.4. The Balaban J connectivity index is 2.17. The number of hydrogen-bond acceptors (Lipinski definition) is 6. The van der Waals surface area contributed by atoms with Crippen LogP contribution in [0.1, 0.15) is 13.3 Å². The van der Waals surface area contributed by atoms with E-state index in [1.807, 2.05) is 30.3 Å². The molecule has 0 saturated carbocycles. The van der Waals surface area contributed by atoms with Gasteiger partial charge >= 0.3 is 0 Å². The second kappa shape index (κ2) is 6.60. The fraction of sp³-hybridized carbons (Fsp3) is 0.286. The number of ether oxygens (including phenoxy) is 1. The lowest BCUT2D eigenvalue weighted by Gasteiger charge is -2.10. The van der Waals surface area contributed by atoms with Crippen LogP contribution in [-0.4, -0.2) is 23.6 Å². The molecule has 0 bridgehead atoms. The highest BCUT2D eigenvalue weighted by molar-refractivity contribution is 5.62. The Labute approximate surface area is 118 Å². The second-order valence-corrected chi connectivity index (χ2v) is 4.28. The minimum Gasteiger partial charge on any atom is -0.497 e. The largest absolute Gasteiger partial charge is 0.497 e. The van der Waals surface area contributed by atoms with Gasteiger partial charge in [0.1, 0.15) is 17.4 Å². The maximum atomic E-state index is 5.71. The third-order valence-electron chi connectivity index (χ3n) is 2.64. The van der Waals surface area contributed by atoms with Gasteiger partial charge in [-0.2, -0.15) is 9.97 Å². The van der Waals surface area contributed by atoms with Crippen LogP contribution in [0, 0.1) is 0 Å². The van der Waals surface area contributed by atoms with E-state index in [1.54, 1.807) is 7.11 Å². The Morgan fingerprint density at radius 2 is 2.00 bits per heavy atom.